The molecular weight excluding hydrogens is 524 g/mol. The van der Waals surface area contributed by atoms with Crippen LogP contribution in [0.25, 0.3) is 0 Å². The van der Waals surface area contributed by atoms with Crippen molar-refractivity contribution >= 4 is 11.9 Å². The summed E-state index contributed by atoms with van der Waals surface area (Å²) in [5, 5.41) is 0. The van der Waals surface area contributed by atoms with Gasteiger partial charge in [0, 0.05) is 73.1 Å². The lowest BCUT2D eigenvalue weighted by Crippen LogP contribution is -2.61. The van der Waals surface area contributed by atoms with Crippen LogP contribution in [0.2, 0.25) is 0 Å². The maximum Gasteiger partial charge on any atom is 0.331 e. The van der Waals surface area contributed by atoms with Crippen LogP contribution in [-0.4, -0.2) is 56.1 Å². The second-order valence-corrected chi connectivity index (χ2v) is 14.7. The van der Waals surface area contributed by atoms with Crippen LogP contribution in [0.15, 0.2) is 72.8 Å². The normalized spacial score (nSPS) is 22.6. The highest BCUT2D eigenvalue weighted by atomic mass is 16.5. The topological polar surface area (TPSA) is 59.1 Å². The summed E-state index contributed by atoms with van der Waals surface area (Å²) in [6.45, 7) is 19.3. The van der Waals surface area contributed by atoms with E-state index >= 15 is 0 Å². The van der Waals surface area contributed by atoms with E-state index in [1.807, 2.05) is 12.1 Å². The number of rotatable bonds is 8. The average Bonchev–Trinajstić information content (AvgIpc) is 2.87. The van der Waals surface area contributed by atoms with E-state index in [2.05, 4.69) is 114 Å². The molecule has 0 aliphatic carbocycles. The van der Waals surface area contributed by atoms with E-state index in [4.69, 9.17) is 9.47 Å². The minimum absolute atomic E-state index is 0.167. The number of likely N-dealkylation sites (tertiary alicyclic amines) is 2. The summed E-state index contributed by atoms with van der Waals surface area (Å²) in [6.07, 6.45) is 4.87. The van der Waals surface area contributed by atoms with Gasteiger partial charge >= 0.3 is 11.9 Å². The predicted molar refractivity (Wildman–Crippen MR) is 168 cm³/mol. The second-order valence-electron chi connectivity index (χ2n) is 14.7. The quantitative estimate of drug-likeness (QED) is 0.248. The van der Waals surface area contributed by atoms with Gasteiger partial charge in [-0.3, -0.25) is 9.80 Å². The van der Waals surface area contributed by atoms with Gasteiger partial charge in [-0.1, -0.05) is 60.7 Å². The smallest absolute Gasteiger partial charge is 0.331 e. The molecule has 2 aliphatic rings. The zero-order chi connectivity index (χ0) is 30.8. The highest BCUT2D eigenvalue weighted by molar-refractivity contribution is 5.91. The Morgan fingerprint density at radius 3 is 1.17 bits per heavy atom. The van der Waals surface area contributed by atoms with Crippen molar-refractivity contribution in [2.75, 3.05) is 0 Å². The van der Waals surface area contributed by atoms with E-state index in [0.717, 1.165) is 38.8 Å². The molecule has 0 amide bonds. The van der Waals surface area contributed by atoms with Crippen molar-refractivity contribution in [3.8, 4) is 0 Å². The van der Waals surface area contributed by atoms with Gasteiger partial charge in [0.1, 0.15) is 12.2 Å². The third-order valence-electron chi connectivity index (χ3n) is 9.12. The molecule has 6 heteroatoms. The molecule has 2 aromatic carbocycles. The van der Waals surface area contributed by atoms with Crippen molar-refractivity contribution in [1.82, 2.24) is 9.80 Å². The Kier molecular flexibility index (Phi) is 9.39. The zero-order valence-electron chi connectivity index (χ0n) is 26.9. The number of ether oxygens (including phenoxy) is 2. The van der Waals surface area contributed by atoms with Gasteiger partial charge in [0.2, 0.25) is 0 Å². The van der Waals surface area contributed by atoms with Gasteiger partial charge in [-0.15, -0.1) is 0 Å². The van der Waals surface area contributed by atoms with Gasteiger partial charge < -0.3 is 9.47 Å². The molecule has 0 bridgehead atoms. The number of benzene rings is 2. The molecule has 42 heavy (non-hydrogen) atoms. The third kappa shape index (κ3) is 7.90. The molecule has 0 spiro atoms. The van der Waals surface area contributed by atoms with Gasteiger partial charge in [-0.2, -0.15) is 0 Å². The van der Waals surface area contributed by atoms with E-state index in [-0.39, 0.29) is 34.4 Å². The van der Waals surface area contributed by atoms with Crippen molar-refractivity contribution < 1.29 is 19.1 Å². The molecule has 228 valence electrons. The number of nitrogens with zero attached hydrogens (tertiary/aromatic N) is 2. The summed E-state index contributed by atoms with van der Waals surface area (Å²) in [5.41, 5.74) is 1.87. The molecule has 0 atom stereocenters. The van der Waals surface area contributed by atoms with E-state index in [9.17, 15) is 9.59 Å². The molecule has 2 fully saturated rings. The van der Waals surface area contributed by atoms with Gasteiger partial charge in [-0.05, 0) is 66.5 Å². The highest BCUT2D eigenvalue weighted by Crippen LogP contribution is 2.42. The molecule has 2 aliphatic heterocycles. The molecule has 0 N–H and O–H groups in total. The average molecular weight is 575 g/mol. The maximum atomic E-state index is 12.8. The minimum Gasteiger partial charge on any atom is -0.459 e. The Morgan fingerprint density at radius 1 is 0.595 bits per heavy atom. The molecule has 0 radical (unpaired) electrons. The number of carbonyl (C=O) groups excluding carboxylic acids is 2. The first-order valence-electron chi connectivity index (χ1n) is 15.3. The van der Waals surface area contributed by atoms with Gasteiger partial charge in [-0.25, -0.2) is 9.59 Å². The molecular formula is C36H50N2O4. The fourth-order valence-electron chi connectivity index (χ4n) is 7.55. The lowest BCUT2D eigenvalue weighted by molar-refractivity contribution is -0.158. The standard InChI is InChI=1S/C36H50N2O4/c1-33(2)21-29(22-34(3,4)37(33)25-27-15-11-9-12-16-27)41-31(39)19-20-32(40)42-30-23-35(5,6)38(36(7,8)24-30)26-28-17-13-10-14-18-28/h9-20,29-30H,21-26H2,1-8H3. The van der Waals surface area contributed by atoms with Crippen molar-refractivity contribution in [3.05, 3.63) is 83.9 Å². The van der Waals surface area contributed by atoms with Crippen LogP contribution in [0.1, 0.15) is 92.2 Å². The molecule has 2 aromatic rings. The Bertz CT molecular complexity index is 1120. The Hall–Kier alpha value is -2.96. The van der Waals surface area contributed by atoms with Gasteiger partial charge in [0.15, 0.2) is 0 Å². The van der Waals surface area contributed by atoms with Crippen molar-refractivity contribution in [2.24, 2.45) is 0 Å². The SMILES string of the molecule is CC1(C)CC(OC(=O)C=CC(=O)OC2CC(C)(C)N(Cc3ccccc3)C(C)(C)C2)CC(C)(C)N1Cc1ccccc1. The second kappa shape index (κ2) is 12.3. The fraction of sp³-hybridized carbons (Fsp3) is 0.556. The first-order chi connectivity index (χ1) is 19.6. The monoisotopic (exact) mass is 574 g/mol. The van der Waals surface area contributed by atoms with E-state index in [1.54, 1.807) is 0 Å². The van der Waals surface area contributed by atoms with Crippen LogP contribution >= 0.6 is 0 Å². The first kappa shape index (κ1) is 32.0. The van der Waals surface area contributed by atoms with Crippen LogP contribution in [0.4, 0.5) is 0 Å². The molecule has 0 unspecified atom stereocenters. The Balaban J connectivity index is 1.31. The summed E-state index contributed by atoms with van der Waals surface area (Å²) in [4.78, 5) is 30.6. The fourth-order valence-corrected chi connectivity index (χ4v) is 7.55. The van der Waals surface area contributed by atoms with Crippen LogP contribution in [0, 0.1) is 0 Å². The number of esters is 2. The lowest BCUT2D eigenvalue weighted by atomic mass is 9.77. The summed E-state index contributed by atoms with van der Waals surface area (Å²) < 4.78 is 11.7. The molecule has 6 nitrogen and oxygen atoms in total. The minimum atomic E-state index is -0.501. The van der Waals surface area contributed by atoms with Gasteiger partial charge in [0.25, 0.3) is 0 Å². The van der Waals surface area contributed by atoms with E-state index in [0.29, 0.717) is 0 Å². The van der Waals surface area contributed by atoms with Crippen molar-refractivity contribution in [2.45, 2.75) is 129 Å². The number of piperidine rings is 2. The van der Waals surface area contributed by atoms with Crippen LogP contribution < -0.4 is 0 Å². The molecule has 2 saturated heterocycles. The van der Waals surface area contributed by atoms with Crippen molar-refractivity contribution in [1.29, 1.82) is 0 Å². The lowest BCUT2D eigenvalue weighted by Gasteiger charge is -2.55. The maximum absolute atomic E-state index is 12.8. The van der Waals surface area contributed by atoms with Crippen molar-refractivity contribution in [3.63, 3.8) is 0 Å². The molecule has 0 aromatic heterocycles. The highest BCUT2D eigenvalue weighted by Gasteiger charge is 2.47. The van der Waals surface area contributed by atoms with Gasteiger partial charge in [0.05, 0.1) is 0 Å². The van der Waals surface area contributed by atoms with E-state index in [1.165, 1.54) is 23.3 Å². The summed E-state index contributed by atoms with van der Waals surface area (Å²) >= 11 is 0. The van der Waals surface area contributed by atoms with Crippen LogP contribution in [0.5, 0.6) is 0 Å². The number of hydrogen-bond donors (Lipinski definition) is 0. The summed E-state index contributed by atoms with van der Waals surface area (Å²) in [7, 11) is 0. The van der Waals surface area contributed by atoms with Crippen LogP contribution in [0.3, 0.4) is 0 Å². The predicted octanol–water partition coefficient (Wildman–Crippen LogP) is 7.07. The largest absolute Gasteiger partial charge is 0.459 e. The zero-order valence-corrected chi connectivity index (χ0v) is 26.9. The Morgan fingerprint density at radius 2 is 0.881 bits per heavy atom. The summed E-state index contributed by atoms with van der Waals surface area (Å²) in [5.74, 6) is -1.00. The van der Waals surface area contributed by atoms with E-state index < -0.39 is 11.9 Å². The Labute approximate surface area is 253 Å². The molecule has 2 heterocycles. The third-order valence-corrected chi connectivity index (χ3v) is 9.12. The summed E-state index contributed by atoms with van der Waals surface area (Å²) in [6, 6.07) is 20.9. The number of carbonyl (C=O) groups is 2. The molecule has 0 saturated carbocycles. The first-order valence-corrected chi connectivity index (χ1v) is 15.3. The molecule has 4 rings (SSSR count). The van der Waals surface area contributed by atoms with Crippen LogP contribution in [-0.2, 0) is 32.2 Å². The number of hydrogen-bond acceptors (Lipinski definition) is 6.